The van der Waals surface area contributed by atoms with E-state index in [2.05, 4.69) is 45.7 Å². The van der Waals surface area contributed by atoms with E-state index in [1.165, 1.54) is 32.0 Å². The Morgan fingerprint density at radius 1 is 0.957 bits per heavy atom. The summed E-state index contributed by atoms with van der Waals surface area (Å²) < 4.78 is 38.3. The minimum atomic E-state index is -3.80. The highest BCUT2D eigenvalue weighted by molar-refractivity contribution is 7.92. The van der Waals surface area contributed by atoms with Crippen molar-refractivity contribution in [3.63, 3.8) is 0 Å². The number of aromatic nitrogens is 6. The van der Waals surface area contributed by atoms with Crippen molar-refractivity contribution in [1.82, 2.24) is 35.5 Å². The molecule has 2 saturated heterocycles. The number of ether oxygens (including phenoxy) is 2. The van der Waals surface area contributed by atoms with Crippen LogP contribution in [0.4, 0.5) is 17.6 Å². The van der Waals surface area contributed by atoms with Crippen molar-refractivity contribution in [3.8, 4) is 11.5 Å². The summed E-state index contributed by atoms with van der Waals surface area (Å²) in [6.07, 6.45) is 9.61. The maximum Gasteiger partial charge on any atom is 0.225 e. The molecule has 0 saturated carbocycles. The Balaban J connectivity index is 1.14. The molecule has 2 aliphatic heterocycles. The molecule has 246 valence electrons. The van der Waals surface area contributed by atoms with Crippen molar-refractivity contribution in [3.05, 3.63) is 42.1 Å². The molecule has 6 rings (SSSR count). The minimum absolute atomic E-state index is 0.0587. The van der Waals surface area contributed by atoms with E-state index in [4.69, 9.17) is 9.47 Å². The molecule has 5 heterocycles. The van der Waals surface area contributed by atoms with Crippen LogP contribution in [0.15, 0.2) is 35.7 Å². The van der Waals surface area contributed by atoms with Gasteiger partial charge in [0, 0.05) is 30.1 Å². The predicted octanol–water partition coefficient (Wildman–Crippen LogP) is 4.50. The number of piperidine rings is 2. The van der Waals surface area contributed by atoms with Crippen LogP contribution in [0, 0.1) is 19.3 Å². The fourth-order valence-electron chi connectivity index (χ4n) is 6.04. The number of benzene rings is 1. The van der Waals surface area contributed by atoms with Gasteiger partial charge in [0.05, 0.1) is 28.4 Å². The maximum atomic E-state index is 13.7. The number of rotatable bonds is 9. The zero-order valence-electron chi connectivity index (χ0n) is 27.2. The molecule has 1 spiro atoms. The quantitative estimate of drug-likeness (QED) is 0.218. The fourth-order valence-corrected chi connectivity index (χ4v) is 7.36. The van der Waals surface area contributed by atoms with E-state index in [0.29, 0.717) is 39.7 Å². The molecule has 3 aromatic heterocycles. The Hall–Kier alpha value is -4.04. The van der Waals surface area contributed by atoms with Crippen LogP contribution in [0.5, 0.6) is 11.5 Å². The lowest BCUT2D eigenvalue weighted by Crippen LogP contribution is -2.46. The lowest BCUT2D eigenvalue weighted by Gasteiger charge is -2.44. The second-order valence-electron chi connectivity index (χ2n) is 13.2. The minimum Gasteiger partial charge on any atom is -0.489 e. The molecule has 46 heavy (non-hydrogen) atoms. The van der Waals surface area contributed by atoms with Crippen molar-refractivity contribution in [2.45, 2.75) is 69.9 Å². The average Bonchev–Trinajstić information content (AvgIpc) is 3.35. The van der Waals surface area contributed by atoms with Gasteiger partial charge in [-0.1, -0.05) is 0 Å². The summed E-state index contributed by atoms with van der Waals surface area (Å²) in [6, 6.07) is 3.21. The summed E-state index contributed by atoms with van der Waals surface area (Å²) >= 11 is 0. The molecule has 0 aliphatic carbocycles. The molecule has 14 heteroatoms. The Kier molecular flexibility index (Phi) is 8.77. The monoisotopic (exact) mass is 649 g/mol. The van der Waals surface area contributed by atoms with Gasteiger partial charge < -0.3 is 25.0 Å². The number of nitrogens with one attached hydrogen (secondary N) is 3. The number of hydrogen-bond acceptors (Lipinski definition) is 12. The smallest absolute Gasteiger partial charge is 0.225 e. The van der Waals surface area contributed by atoms with Crippen molar-refractivity contribution in [2.24, 2.45) is 5.41 Å². The molecule has 0 amide bonds. The predicted molar refractivity (Wildman–Crippen MR) is 177 cm³/mol. The summed E-state index contributed by atoms with van der Waals surface area (Å²) in [4.78, 5) is 20.2. The lowest BCUT2D eigenvalue weighted by molar-refractivity contribution is 0.154. The van der Waals surface area contributed by atoms with Gasteiger partial charge in [0.2, 0.25) is 5.95 Å². The van der Waals surface area contributed by atoms with Crippen LogP contribution in [0.2, 0.25) is 0 Å². The van der Waals surface area contributed by atoms with Crippen molar-refractivity contribution in [1.29, 1.82) is 0 Å². The summed E-state index contributed by atoms with van der Waals surface area (Å²) in [6.45, 7) is 13.2. The Morgan fingerprint density at radius 3 is 2.30 bits per heavy atom. The van der Waals surface area contributed by atoms with Gasteiger partial charge in [-0.3, -0.25) is 5.10 Å². The normalized spacial score (nSPS) is 16.9. The van der Waals surface area contributed by atoms with Crippen LogP contribution in [0.1, 0.15) is 57.7 Å². The average molecular weight is 650 g/mol. The van der Waals surface area contributed by atoms with Crippen LogP contribution >= 0.6 is 0 Å². The maximum absolute atomic E-state index is 13.7. The molecule has 2 fully saturated rings. The molecule has 0 radical (unpaired) electrons. The van der Waals surface area contributed by atoms with Gasteiger partial charge in [-0.15, -0.1) is 0 Å². The van der Waals surface area contributed by atoms with Crippen LogP contribution in [-0.4, -0.2) is 82.7 Å². The van der Waals surface area contributed by atoms with E-state index >= 15 is 0 Å². The summed E-state index contributed by atoms with van der Waals surface area (Å²) in [7, 11) is -3.80. The van der Waals surface area contributed by atoms with Gasteiger partial charge in [0.25, 0.3) is 0 Å². The van der Waals surface area contributed by atoms with E-state index in [-0.39, 0.29) is 23.9 Å². The first-order valence-corrected chi connectivity index (χ1v) is 17.3. The molecule has 3 N–H and O–H groups in total. The molecule has 13 nitrogen and oxygen atoms in total. The first kappa shape index (κ1) is 31.9. The van der Waals surface area contributed by atoms with Crippen LogP contribution in [0.25, 0.3) is 10.9 Å². The van der Waals surface area contributed by atoms with Crippen LogP contribution in [0.3, 0.4) is 0 Å². The van der Waals surface area contributed by atoms with Gasteiger partial charge >= 0.3 is 0 Å². The van der Waals surface area contributed by atoms with Crippen molar-refractivity contribution < 1.29 is 17.9 Å². The number of aryl methyl sites for hydroxylation is 1. The standard InChI is InChI=1S/C32H43N9O4S/c1-21-22(2)39-40-28(21)38-29-24-16-27(46(42,43)31(3,4)5)26(17-25(24)36-20-37-29)45-15-14-44-23-18-34-30(35-19-23)41-12-8-32(9-13-41)6-10-33-11-7-32/h16-20,33H,6-15H2,1-5H3,(H2,36,37,38,39,40). The molecule has 2 aliphatic rings. The zero-order valence-corrected chi connectivity index (χ0v) is 28.0. The molecule has 1 aromatic carbocycles. The number of anilines is 3. The van der Waals surface area contributed by atoms with Gasteiger partial charge in [-0.2, -0.15) is 5.10 Å². The zero-order chi connectivity index (χ0) is 32.5. The lowest BCUT2D eigenvalue weighted by atomic mass is 9.72. The molecule has 0 atom stereocenters. The Labute approximate surface area is 269 Å². The molecule has 4 aromatic rings. The number of aromatic amines is 1. The topological polar surface area (TPSA) is 160 Å². The largest absolute Gasteiger partial charge is 0.489 e. The highest BCUT2D eigenvalue weighted by Crippen LogP contribution is 2.40. The van der Waals surface area contributed by atoms with E-state index in [9.17, 15) is 8.42 Å². The summed E-state index contributed by atoms with van der Waals surface area (Å²) in [5, 5.41) is 14.4. The first-order valence-electron chi connectivity index (χ1n) is 15.8. The second kappa shape index (κ2) is 12.6. The van der Waals surface area contributed by atoms with Crippen LogP contribution in [-0.2, 0) is 9.84 Å². The SMILES string of the molecule is Cc1n[nH]c(Nc2ncnc3cc(OCCOc4cnc(N5CCC6(CCNCC6)CC5)nc4)c(S(=O)(=O)C(C)(C)C)cc23)c1C. The summed E-state index contributed by atoms with van der Waals surface area (Å²) in [5.74, 6) is 2.57. The summed E-state index contributed by atoms with van der Waals surface area (Å²) in [5.41, 5.74) is 2.78. The number of hydrogen-bond donors (Lipinski definition) is 3. The van der Waals surface area contributed by atoms with E-state index in [1.54, 1.807) is 45.3 Å². The molecule has 0 unspecified atom stereocenters. The van der Waals surface area contributed by atoms with Crippen LogP contribution < -0.4 is 25.0 Å². The van der Waals surface area contributed by atoms with Gasteiger partial charge in [-0.05, 0) is 84.9 Å². The highest BCUT2D eigenvalue weighted by Gasteiger charge is 2.36. The number of fused-ring (bicyclic) bond motifs is 1. The van der Waals surface area contributed by atoms with Crippen molar-refractivity contribution in [2.75, 3.05) is 49.6 Å². The molecular weight excluding hydrogens is 606 g/mol. The second-order valence-corrected chi connectivity index (χ2v) is 15.9. The van der Waals surface area contributed by atoms with E-state index in [0.717, 1.165) is 37.4 Å². The number of sulfone groups is 1. The van der Waals surface area contributed by atoms with Gasteiger partial charge in [0.1, 0.15) is 41.8 Å². The number of H-pyrrole nitrogens is 1. The van der Waals surface area contributed by atoms with Gasteiger partial charge in [-0.25, -0.2) is 28.4 Å². The molecule has 0 bridgehead atoms. The Morgan fingerprint density at radius 2 is 1.65 bits per heavy atom. The first-order chi connectivity index (χ1) is 22.0. The third-order valence-corrected chi connectivity index (χ3v) is 11.8. The van der Waals surface area contributed by atoms with E-state index in [1.807, 2.05) is 13.8 Å². The molecular formula is C32H43N9O4S. The van der Waals surface area contributed by atoms with E-state index < -0.39 is 14.6 Å². The van der Waals surface area contributed by atoms with Gasteiger partial charge in [0.15, 0.2) is 15.6 Å². The third kappa shape index (κ3) is 6.45. The Bertz CT molecular complexity index is 1790. The fraction of sp³-hybridized carbons (Fsp3) is 0.531. The highest BCUT2D eigenvalue weighted by atomic mass is 32.2. The number of nitrogens with zero attached hydrogens (tertiary/aromatic N) is 6. The third-order valence-electron chi connectivity index (χ3n) is 9.29. The van der Waals surface area contributed by atoms with Crippen molar-refractivity contribution >= 4 is 38.3 Å².